The maximum atomic E-state index is 13.5. The first-order valence-corrected chi connectivity index (χ1v) is 8.39. The molecule has 8 heteroatoms. The summed E-state index contributed by atoms with van der Waals surface area (Å²) in [6.07, 6.45) is 0.920. The van der Waals surface area contributed by atoms with Crippen LogP contribution in [0.25, 0.3) is 0 Å². The highest BCUT2D eigenvalue weighted by atomic mass is 32.2. The van der Waals surface area contributed by atoms with Crippen molar-refractivity contribution in [2.45, 2.75) is 30.7 Å². The van der Waals surface area contributed by atoms with Crippen molar-refractivity contribution in [1.29, 1.82) is 0 Å². The van der Waals surface area contributed by atoms with Crippen molar-refractivity contribution < 1.29 is 27.4 Å². The van der Waals surface area contributed by atoms with Gasteiger partial charge in [-0.3, -0.25) is 4.79 Å². The summed E-state index contributed by atoms with van der Waals surface area (Å²) in [6.45, 7) is 2.14. The predicted octanol–water partition coefficient (Wildman–Crippen LogP) is 1.29. The average molecular weight is 331 g/mol. The van der Waals surface area contributed by atoms with Crippen molar-refractivity contribution in [3.8, 4) is 0 Å². The molecule has 1 aromatic rings. The van der Waals surface area contributed by atoms with Gasteiger partial charge in [0.15, 0.2) is 0 Å². The summed E-state index contributed by atoms with van der Waals surface area (Å²) < 4.78 is 45.7. The van der Waals surface area contributed by atoms with Gasteiger partial charge >= 0.3 is 5.97 Å². The molecule has 6 nitrogen and oxygen atoms in total. The fraction of sp³-hybridized carbons (Fsp3) is 0.500. The largest absolute Gasteiger partial charge is 0.480 e. The number of halogens is 1. The molecule has 0 bridgehead atoms. The van der Waals surface area contributed by atoms with Gasteiger partial charge in [-0.2, -0.15) is 4.72 Å². The van der Waals surface area contributed by atoms with E-state index in [-0.39, 0.29) is 16.4 Å². The van der Waals surface area contributed by atoms with Gasteiger partial charge in [0, 0.05) is 18.8 Å². The van der Waals surface area contributed by atoms with Crippen molar-refractivity contribution in [2.75, 3.05) is 13.2 Å². The third-order valence-corrected chi connectivity index (χ3v) is 5.38. The number of benzene rings is 1. The maximum Gasteiger partial charge on any atom is 0.322 e. The molecule has 0 saturated carbocycles. The van der Waals surface area contributed by atoms with E-state index < -0.39 is 27.9 Å². The van der Waals surface area contributed by atoms with E-state index >= 15 is 0 Å². The molecule has 2 rings (SSSR count). The smallest absolute Gasteiger partial charge is 0.322 e. The van der Waals surface area contributed by atoms with Gasteiger partial charge in [-0.25, -0.2) is 12.8 Å². The molecule has 1 saturated heterocycles. The minimum absolute atomic E-state index is 0.0360. The fourth-order valence-corrected chi connectivity index (χ4v) is 4.02. The Morgan fingerprint density at radius 1 is 1.41 bits per heavy atom. The molecule has 0 aromatic heterocycles. The maximum absolute atomic E-state index is 13.5. The Morgan fingerprint density at radius 3 is 2.64 bits per heavy atom. The standard InChI is InChI=1S/C14H18FNO5S/c1-9-11(15)3-2-4-12(9)22(19,20)16-13(14(17)18)10-5-7-21-8-6-10/h2-4,10,13,16H,5-8H2,1H3,(H,17,18). The van der Waals surface area contributed by atoms with Crippen LogP contribution in [0.2, 0.25) is 0 Å². The van der Waals surface area contributed by atoms with Crippen LogP contribution in [0, 0.1) is 18.7 Å². The van der Waals surface area contributed by atoms with Gasteiger partial charge in [0.25, 0.3) is 0 Å². The number of carboxylic acid groups (broad SMARTS) is 1. The number of hydrogen-bond acceptors (Lipinski definition) is 4. The number of carbonyl (C=O) groups is 1. The molecular weight excluding hydrogens is 313 g/mol. The Bertz CT molecular complexity index is 655. The van der Waals surface area contributed by atoms with Crippen molar-refractivity contribution in [1.82, 2.24) is 4.72 Å². The molecule has 0 radical (unpaired) electrons. The summed E-state index contributed by atoms with van der Waals surface area (Å²) in [4.78, 5) is 11.2. The molecule has 1 aromatic carbocycles. The highest BCUT2D eigenvalue weighted by Crippen LogP contribution is 2.23. The third kappa shape index (κ3) is 3.63. The van der Waals surface area contributed by atoms with Crippen LogP contribution in [-0.2, 0) is 19.6 Å². The van der Waals surface area contributed by atoms with Crippen LogP contribution >= 0.6 is 0 Å². The summed E-state index contributed by atoms with van der Waals surface area (Å²) in [5.41, 5.74) is -0.0360. The van der Waals surface area contributed by atoms with E-state index in [1.165, 1.54) is 19.1 Å². The lowest BCUT2D eigenvalue weighted by Gasteiger charge is -2.28. The van der Waals surface area contributed by atoms with Gasteiger partial charge in [0.2, 0.25) is 10.0 Å². The molecule has 0 aliphatic carbocycles. The second kappa shape index (κ2) is 6.72. The van der Waals surface area contributed by atoms with Gasteiger partial charge in [-0.05, 0) is 37.8 Å². The van der Waals surface area contributed by atoms with E-state index in [0.29, 0.717) is 26.1 Å². The number of nitrogens with one attached hydrogen (secondary N) is 1. The van der Waals surface area contributed by atoms with E-state index in [0.717, 1.165) is 6.07 Å². The number of carboxylic acids is 1. The zero-order chi connectivity index (χ0) is 16.3. The number of rotatable bonds is 5. The highest BCUT2D eigenvalue weighted by Gasteiger charge is 2.34. The van der Waals surface area contributed by atoms with E-state index in [4.69, 9.17) is 4.74 Å². The van der Waals surface area contributed by atoms with Crippen molar-refractivity contribution in [3.63, 3.8) is 0 Å². The molecule has 1 heterocycles. The quantitative estimate of drug-likeness (QED) is 0.848. The van der Waals surface area contributed by atoms with Gasteiger partial charge in [-0.1, -0.05) is 6.07 Å². The molecule has 1 fully saturated rings. The molecule has 22 heavy (non-hydrogen) atoms. The predicted molar refractivity (Wildman–Crippen MR) is 76.4 cm³/mol. The first-order valence-electron chi connectivity index (χ1n) is 6.91. The second-order valence-corrected chi connectivity index (χ2v) is 6.93. The van der Waals surface area contributed by atoms with Crippen LogP contribution in [0.3, 0.4) is 0 Å². The fourth-order valence-electron chi connectivity index (χ4n) is 2.51. The normalized spacial score (nSPS) is 18.1. The summed E-state index contributed by atoms with van der Waals surface area (Å²) in [6, 6.07) is 2.43. The summed E-state index contributed by atoms with van der Waals surface area (Å²) in [5, 5.41) is 9.32. The Balaban J connectivity index is 2.28. The molecule has 1 aliphatic heterocycles. The summed E-state index contributed by atoms with van der Waals surface area (Å²) in [5.74, 6) is -2.25. The minimum Gasteiger partial charge on any atom is -0.480 e. The Labute approximate surface area is 128 Å². The molecule has 2 N–H and O–H groups in total. The number of aliphatic carboxylic acids is 1. The number of hydrogen-bond donors (Lipinski definition) is 2. The Kier molecular flexibility index (Phi) is 5.15. The first-order chi connectivity index (χ1) is 10.3. The molecule has 1 unspecified atom stereocenters. The summed E-state index contributed by atoms with van der Waals surface area (Å²) in [7, 11) is -4.12. The Hall–Kier alpha value is -1.51. The Morgan fingerprint density at radius 2 is 2.05 bits per heavy atom. The van der Waals surface area contributed by atoms with E-state index in [2.05, 4.69) is 4.72 Å². The van der Waals surface area contributed by atoms with Crippen molar-refractivity contribution >= 4 is 16.0 Å². The lowest BCUT2D eigenvalue weighted by molar-refractivity contribution is -0.141. The van der Waals surface area contributed by atoms with Crippen LogP contribution < -0.4 is 4.72 Å². The van der Waals surface area contributed by atoms with Crippen LogP contribution in [0.1, 0.15) is 18.4 Å². The minimum atomic E-state index is -4.12. The van der Waals surface area contributed by atoms with Gasteiger partial charge in [0.05, 0.1) is 4.90 Å². The number of sulfonamides is 1. The average Bonchev–Trinajstić information content (AvgIpc) is 2.48. The van der Waals surface area contributed by atoms with Crippen molar-refractivity contribution in [3.05, 3.63) is 29.6 Å². The second-order valence-electron chi connectivity index (χ2n) is 5.25. The lowest BCUT2D eigenvalue weighted by Crippen LogP contribution is -2.47. The molecule has 122 valence electrons. The first kappa shape index (κ1) is 16.9. The van der Waals surface area contributed by atoms with E-state index in [9.17, 15) is 22.7 Å². The molecule has 1 atom stereocenters. The van der Waals surface area contributed by atoms with Gasteiger partial charge in [0.1, 0.15) is 11.9 Å². The lowest BCUT2D eigenvalue weighted by atomic mass is 9.92. The van der Waals surface area contributed by atoms with Crippen molar-refractivity contribution in [2.24, 2.45) is 5.92 Å². The molecular formula is C14H18FNO5S. The summed E-state index contributed by atoms with van der Waals surface area (Å²) >= 11 is 0. The molecule has 0 amide bonds. The third-order valence-electron chi connectivity index (χ3n) is 3.79. The zero-order valence-electron chi connectivity index (χ0n) is 12.1. The monoisotopic (exact) mass is 331 g/mol. The molecule has 1 aliphatic rings. The zero-order valence-corrected chi connectivity index (χ0v) is 12.9. The van der Waals surface area contributed by atoms with E-state index in [1.54, 1.807) is 0 Å². The number of ether oxygens (including phenoxy) is 1. The van der Waals surface area contributed by atoms with Gasteiger partial charge < -0.3 is 9.84 Å². The SMILES string of the molecule is Cc1c(F)cccc1S(=O)(=O)NC(C(=O)O)C1CCOCC1. The van der Waals surface area contributed by atoms with Crippen LogP contribution in [0.4, 0.5) is 4.39 Å². The topological polar surface area (TPSA) is 92.7 Å². The van der Waals surface area contributed by atoms with Crippen LogP contribution in [0.15, 0.2) is 23.1 Å². The highest BCUT2D eigenvalue weighted by molar-refractivity contribution is 7.89. The van der Waals surface area contributed by atoms with E-state index in [1.807, 2.05) is 0 Å². The van der Waals surface area contributed by atoms with Crippen LogP contribution in [-0.4, -0.2) is 38.7 Å². The van der Waals surface area contributed by atoms with Gasteiger partial charge in [-0.15, -0.1) is 0 Å². The molecule has 0 spiro atoms. The van der Waals surface area contributed by atoms with Crippen LogP contribution in [0.5, 0.6) is 0 Å².